The van der Waals surface area contributed by atoms with E-state index in [1.165, 1.54) is 6.08 Å². The van der Waals surface area contributed by atoms with Gasteiger partial charge in [-0.1, -0.05) is 32.6 Å². The first kappa shape index (κ1) is 26.9. The van der Waals surface area contributed by atoms with Crippen molar-refractivity contribution in [3.05, 3.63) is 72.4 Å². The number of nitrogens with two attached hydrogens (primary N) is 1. The van der Waals surface area contributed by atoms with E-state index in [9.17, 15) is 0 Å². The smallest absolute Gasteiger partial charge is 0.204 e. The minimum absolute atomic E-state index is 0.250. The second kappa shape index (κ2) is 20.0. The van der Waals surface area contributed by atoms with Crippen molar-refractivity contribution in [3.8, 4) is 6.07 Å². The number of hydrogen-bond acceptors (Lipinski definition) is 5. The number of benzene rings is 1. The van der Waals surface area contributed by atoms with Gasteiger partial charge in [0.15, 0.2) is 0 Å². The van der Waals surface area contributed by atoms with E-state index in [1.54, 1.807) is 12.2 Å². The number of hydrogen-bond donors (Lipinski definition) is 3. The summed E-state index contributed by atoms with van der Waals surface area (Å²) < 4.78 is 5.53. The summed E-state index contributed by atoms with van der Waals surface area (Å²) in [6.07, 6.45) is 10.2. The van der Waals surface area contributed by atoms with Crippen LogP contribution in [0.2, 0.25) is 0 Å². The molecule has 0 fully saturated rings. The Morgan fingerprint density at radius 2 is 1.96 bits per heavy atom. The summed E-state index contributed by atoms with van der Waals surface area (Å²) in [6.45, 7) is 9.09. The standard InChI is InChI=1S/C18H18N2O.C2H6.CH3NO.CH4O/c1-2-5-15(6-3-12-19)14-20-17-10-8-16(9-11-17)18-7-4-13-21-18;1-2;2-1-3;1-2/h2-3,5-11,20H,1,4,13-14H2;1-2H3;1H,(H2,2,3);2H,1H3/b6-3+,15-5+;;;. The van der Waals surface area contributed by atoms with E-state index in [0.717, 1.165) is 42.7 Å². The molecule has 0 radical (unpaired) electrons. The molecule has 0 saturated carbocycles. The Labute approximate surface area is 168 Å². The van der Waals surface area contributed by atoms with Crippen molar-refractivity contribution in [2.24, 2.45) is 5.73 Å². The molecule has 6 heteroatoms. The van der Waals surface area contributed by atoms with Gasteiger partial charge >= 0.3 is 0 Å². The van der Waals surface area contributed by atoms with E-state index < -0.39 is 0 Å². The summed E-state index contributed by atoms with van der Waals surface area (Å²) in [5.74, 6) is 0.964. The molecule has 1 heterocycles. The van der Waals surface area contributed by atoms with Crippen LogP contribution in [-0.2, 0) is 9.53 Å². The van der Waals surface area contributed by atoms with Crippen molar-refractivity contribution in [3.63, 3.8) is 0 Å². The quantitative estimate of drug-likeness (QED) is 0.392. The van der Waals surface area contributed by atoms with Crippen LogP contribution in [0.4, 0.5) is 5.69 Å². The SMILES string of the molecule is C=C/C=C(\C=C\C#N)CNc1ccc(C2=CCCO2)cc1.CC.CO.NC=O. The second-order valence-corrected chi connectivity index (χ2v) is 4.71. The number of rotatable bonds is 6. The van der Waals surface area contributed by atoms with E-state index in [4.69, 9.17) is 19.9 Å². The van der Waals surface area contributed by atoms with Crippen LogP contribution in [-0.4, -0.2) is 31.8 Å². The van der Waals surface area contributed by atoms with E-state index >= 15 is 0 Å². The van der Waals surface area contributed by atoms with Gasteiger partial charge in [0.2, 0.25) is 6.41 Å². The lowest BCUT2D eigenvalue weighted by Gasteiger charge is -2.09. The van der Waals surface area contributed by atoms with Crippen LogP contribution in [0, 0.1) is 11.3 Å². The number of nitrogens with zero attached hydrogens (tertiary/aromatic N) is 1. The fourth-order valence-corrected chi connectivity index (χ4v) is 2.04. The van der Waals surface area contributed by atoms with Gasteiger partial charge in [0, 0.05) is 37.4 Å². The van der Waals surface area contributed by atoms with Gasteiger partial charge in [-0.05, 0) is 42.0 Å². The number of anilines is 1. The maximum absolute atomic E-state index is 8.58. The molecule has 2 rings (SSSR count). The molecule has 0 atom stereocenters. The third kappa shape index (κ3) is 12.1. The van der Waals surface area contributed by atoms with Crippen LogP contribution in [0.3, 0.4) is 0 Å². The van der Waals surface area contributed by atoms with Crippen LogP contribution in [0.15, 0.2) is 66.8 Å². The molecule has 0 bridgehead atoms. The highest BCUT2D eigenvalue weighted by molar-refractivity contribution is 5.63. The van der Waals surface area contributed by atoms with E-state index in [1.807, 2.05) is 50.3 Å². The lowest BCUT2D eigenvalue weighted by molar-refractivity contribution is -0.106. The van der Waals surface area contributed by atoms with E-state index in [-0.39, 0.29) is 6.41 Å². The number of allylic oxidation sites excluding steroid dienone is 3. The molecule has 0 aromatic heterocycles. The molecule has 6 nitrogen and oxygen atoms in total. The number of aliphatic hydroxyl groups is 1. The summed E-state index contributed by atoms with van der Waals surface area (Å²) >= 11 is 0. The highest BCUT2D eigenvalue weighted by atomic mass is 16.5. The van der Waals surface area contributed by atoms with E-state index in [2.05, 4.69) is 23.7 Å². The number of nitrogens with one attached hydrogen (secondary N) is 1. The number of amides is 1. The second-order valence-electron chi connectivity index (χ2n) is 4.71. The van der Waals surface area contributed by atoms with Crippen LogP contribution in [0.25, 0.3) is 5.76 Å². The molecule has 0 unspecified atom stereocenters. The zero-order chi connectivity index (χ0) is 21.6. The summed E-state index contributed by atoms with van der Waals surface area (Å²) in [7, 11) is 1.00. The van der Waals surface area contributed by atoms with Crippen LogP contribution < -0.4 is 11.1 Å². The number of nitriles is 1. The highest BCUT2D eigenvalue weighted by Gasteiger charge is 2.07. The van der Waals surface area contributed by atoms with Gasteiger partial charge in [-0.25, -0.2) is 0 Å². The summed E-state index contributed by atoms with van der Waals surface area (Å²) in [5.41, 5.74) is 7.29. The van der Waals surface area contributed by atoms with Crippen molar-refractivity contribution in [1.82, 2.24) is 0 Å². The zero-order valence-corrected chi connectivity index (χ0v) is 16.9. The largest absolute Gasteiger partial charge is 0.493 e. The van der Waals surface area contributed by atoms with Crippen LogP contribution in [0.5, 0.6) is 0 Å². The van der Waals surface area contributed by atoms with Gasteiger partial charge < -0.3 is 20.9 Å². The van der Waals surface area contributed by atoms with Gasteiger partial charge in [0.05, 0.1) is 12.7 Å². The fourth-order valence-electron chi connectivity index (χ4n) is 2.04. The molecule has 1 aromatic rings. The van der Waals surface area contributed by atoms with Gasteiger partial charge in [0.1, 0.15) is 5.76 Å². The highest BCUT2D eigenvalue weighted by Crippen LogP contribution is 2.23. The zero-order valence-electron chi connectivity index (χ0n) is 16.9. The third-order valence-electron chi connectivity index (χ3n) is 3.08. The molecule has 1 amide bonds. The van der Waals surface area contributed by atoms with Gasteiger partial charge in [0.25, 0.3) is 0 Å². The van der Waals surface area contributed by atoms with E-state index in [0.29, 0.717) is 6.54 Å². The average Bonchev–Trinajstić information content (AvgIpc) is 3.29. The Morgan fingerprint density at radius 3 is 2.43 bits per heavy atom. The first-order valence-electron chi connectivity index (χ1n) is 8.90. The Hall–Kier alpha value is -3.30. The Bertz CT molecular complexity index is 669. The Balaban J connectivity index is 0. The fraction of sp³-hybridized carbons (Fsp3) is 0.273. The van der Waals surface area contributed by atoms with Crippen molar-refractivity contribution in [2.75, 3.05) is 25.6 Å². The Kier molecular flexibility index (Phi) is 19.2. The predicted octanol–water partition coefficient (Wildman–Crippen LogP) is 3.79. The summed E-state index contributed by atoms with van der Waals surface area (Å²) in [4.78, 5) is 8.58. The third-order valence-corrected chi connectivity index (χ3v) is 3.08. The van der Waals surface area contributed by atoms with Crippen LogP contribution >= 0.6 is 0 Å². The molecule has 0 spiro atoms. The first-order valence-corrected chi connectivity index (χ1v) is 8.90. The van der Waals surface area contributed by atoms with Crippen molar-refractivity contribution in [2.45, 2.75) is 20.3 Å². The molecular weight excluding hydrogens is 354 g/mol. The Morgan fingerprint density at radius 1 is 1.36 bits per heavy atom. The van der Waals surface area contributed by atoms with Crippen molar-refractivity contribution >= 4 is 17.9 Å². The topological polar surface area (TPSA) is 108 Å². The van der Waals surface area contributed by atoms with Crippen molar-refractivity contribution in [1.29, 1.82) is 5.26 Å². The number of aliphatic hydroxyl groups excluding tert-OH is 1. The lowest BCUT2D eigenvalue weighted by Crippen LogP contribution is -2.03. The molecule has 1 aliphatic rings. The molecular formula is C22H31N3O3. The molecule has 4 N–H and O–H groups in total. The predicted molar refractivity (Wildman–Crippen MR) is 116 cm³/mol. The number of primary amides is 1. The van der Waals surface area contributed by atoms with Gasteiger partial charge in [-0.15, -0.1) is 0 Å². The minimum Gasteiger partial charge on any atom is -0.493 e. The monoisotopic (exact) mass is 385 g/mol. The van der Waals surface area contributed by atoms with Crippen LogP contribution in [0.1, 0.15) is 25.8 Å². The normalized spacial score (nSPS) is 11.7. The lowest BCUT2D eigenvalue weighted by atomic mass is 10.1. The number of carbonyl (C=O) groups is 1. The molecule has 1 aromatic carbocycles. The maximum atomic E-state index is 8.58. The summed E-state index contributed by atoms with van der Waals surface area (Å²) in [6, 6.07) is 10.1. The van der Waals surface area contributed by atoms with Gasteiger partial charge in [-0.2, -0.15) is 5.26 Å². The molecule has 152 valence electrons. The maximum Gasteiger partial charge on any atom is 0.204 e. The molecule has 1 aliphatic heterocycles. The number of carbonyl (C=O) groups excluding carboxylic acids is 1. The number of ether oxygens (including phenoxy) is 1. The molecule has 0 saturated heterocycles. The average molecular weight is 386 g/mol. The van der Waals surface area contributed by atoms with Gasteiger partial charge in [-0.3, -0.25) is 4.79 Å². The van der Waals surface area contributed by atoms with Crippen molar-refractivity contribution < 1.29 is 14.6 Å². The molecule has 28 heavy (non-hydrogen) atoms. The molecule has 0 aliphatic carbocycles. The first-order chi connectivity index (χ1) is 13.7. The minimum atomic E-state index is 0.250. The summed E-state index contributed by atoms with van der Waals surface area (Å²) in [5, 5.41) is 18.9.